The number of hydrogen-bond donors (Lipinski definition) is 2. The van der Waals surface area contributed by atoms with Crippen LogP contribution in [0.4, 0.5) is 10.9 Å². The first-order valence-electron chi connectivity index (χ1n) is 9.58. The van der Waals surface area contributed by atoms with Crippen molar-refractivity contribution in [2.24, 2.45) is 5.92 Å². The maximum Gasteiger partial charge on any atom is 0.259 e. The Bertz CT molecular complexity index is 933. The minimum absolute atomic E-state index is 0. The topological polar surface area (TPSA) is 104 Å². The third kappa shape index (κ3) is 5.53. The van der Waals surface area contributed by atoms with Crippen LogP contribution in [0.2, 0.25) is 0 Å². The van der Waals surface area contributed by atoms with Gasteiger partial charge in [0.1, 0.15) is 5.01 Å². The molecule has 0 unspecified atom stereocenters. The molecule has 0 bridgehead atoms. The molecule has 2 N–H and O–H groups in total. The van der Waals surface area contributed by atoms with Gasteiger partial charge in [0.05, 0.1) is 0 Å². The zero-order valence-electron chi connectivity index (χ0n) is 16.3. The van der Waals surface area contributed by atoms with Gasteiger partial charge in [0.15, 0.2) is 11.9 Å². The molecule has 1 aliphatic heterocycles. The largest absolute Gasteiger partial charge is 0.378 e. The monoisotopic (exact) mass is 444 g/mol. The van der Waals surface area contributed by atoms with E-state index in [4.69, 9.17) is 0 Å². The van der Waals surface area contributed by atoms with E-state index in [-0.39, 0.29) is 13.5 Å². The molecule has 2 aromatic heterocycles. The van der Waals surface area contributed by atoms with Crippen LogP contribution in [0.3, 0.4) is 0 Å². The summed E-state index contributed by atoms with van der Waals surface area (Å²) in [4.78, 5) is 14.5. The van der Waals surface area contributed by atoms with Crippen LogP contribution >= 0.6 is 24.8 Å². The molecule has 1 aromatic carbocycles. The average molecular weight is 445 g/mol. The third-order valence-corrected chi connectivity index (χ3v) is 5.88. The number of aromatic nitrogens is 4. The molecule has 30 heavy (non-hydrogen) atoms. The number of anilines is 2. The lowest BCUT2D eigenvalue weighted by Crippen LogP contribution is -2.34. The van der Waals surface area contributed by atoms with Crippen molar-refractivity contribution in [3.8, 4) is 0 Å². The lowest BCUT2D eigenvalue weighted by molar-refractivity contribution is -0.124. The maximum absolute atomic E-state index is 12.2. The van der Waals surface area contributed by atoms with Crippen molar-refractivity contribution in [3.63, 3.8) is 0 Å². The summed E-state index contributed by atoms with van der Waals surface area (Å²) in [6.07, 6.45) is 3.38. The second-order valence-corrected chi connectivity index (χ2v) is 8.08. The van der Waals surface area contributed by atoms with E-state index >= 15 is 0 Å². The minimum Gasteiger partial charge on any atom is -0.378 e. The summed E-state index contributed by atoms with van der Waals surface area (Å²) in [5, 5.41) is 30.5. The van der Waals surface area contributed by atoms with Crippen LogP contribution in [0, 0.1) is 5.92 Å². The molecule has 1 atom stereocenters. The van der Waals surface area contributed by atoms with E-state index in [1.807, 2.05) is 18.2 Å². The number of nitrogens with zero attached hydrogens (tertiary/aromatic N) is 5. The number of carbonyl (C=O) groups is 1. The Morgan fingerprint density at radius 3 is 2.60 bits per heavy atom. The van der Waals surface area contributed by atoms with Crippen LogP contribution < -0.4 is 10.2 Å². The van der Waals surface area contributed by atoms with E-state index in [1.165, 1.54) is 11.3 Å². The van der Waals surface area contributed by atoms with Crippen LogP contribution in [0.25, 0.3) is 0 Å². The summed E-state index contributed by atoms with van der Waals surface area (Å²) < 4.78 is 0. The van der Waals surface area contributed by atoms with E-state index in [0.29, 0.717) is 16.6 Å². The molecule has 1 aliphatic rings. The summed E-state index contributed by atoms with van der Waals surface area (Å²) in [5.74, 6) is 0.939. The molecule has 3 aromatic rings. The van der Waals surface area contributed by atoms with Crippen molar-refractivity contribution in [2.75, 3.05) is 23.3 Å². The maximum atomic E-state index is 12.2. The Hall–Kier alpha value is -2.56. The van der Waals surface area contributed by atoms with E-state index < -0.39 is 12.0 Å². The second-order valence-electron chi connectivity index (χ2n) is 7.02. The van der Waals surface area contributed by atoms with Crippen molar-refractivity contribution >= 4 is 41.7 Å². The van der Waals surface area contributed by atoms with Crippen molar-refractivity contribution in [2.45, 2.75) is 25.4 Å². The quantitative estimate of drug-likeness (QED) is 0.602. The molecule has 1 saturated heterocycles. The van der Waals surface area contributed by atoms with Crippen LogP contribution in [-0.4, -0.2) is 44.5 Å². The van der Waals surface area contributed by atoms with E-state index in [9.17, 15) is 9.90 Å². The highest BCUT2D eigenvalue weighted by Crippen LogP contribution is 2.27. The first-order chi connectivity index (χ1) is 14.2. The Kier molecular flexibility index (Phi) is 7.72. The van der Waals surface area contributed by atoms with Gasteiger partial charge in [0.25, 0.3) is 5.91 Å². The fourth-order valence-corrected chi connectivity index (χ4v) is 4.28. The number of benzene rings is 1. The third-order valence-electron chi connectivity index (χ3n) is 5.02. The van der Waals surface area contributed by atoms with E-state index in [2.05, 4.69) is 30.6 Å². The summed E-state index contributed by atoms with van der Waals surface area (Å²) in [5.41, 5.74) is 0.546. The minimum atomic E-state index is -1.23. The van der Waals surface area contributed by atoms with Gasteiger partial charge in [-0.25, -0.2) is 0 Å². The smallest absolute Gasteiger partial charge is 0.259 e. The number of piperidine rings is 1. The first kappa shape index (κ1) is 22.1. The van der Waals surface area contributed by atoms with Crippen LogP contribution in [-0.2, 0) is 11.2 Å². The Balaban J connectivity index is 0.00000256. The van der Waals surface area contributed by atoms with Gasteiger partial charge in [-0.05, 0) is 36.5 Å². The zero-order chi connectivity index (χ0) is 20.1. The molecule has 0 saturated carbocycles. The van der Waals surface area contributed by atoms with Crippen molar-refractivity contribution in [3.05, 3.63) is 59.2 Å². The van der Waals surface area contributed by atoms with Crippen molar-refractivity contribution < 1.29 is 9.90 Å². The molecule has 1 fully saturated rings. The van der Waals surface area contributed by atoms with Crippen LogP contribution in [0.15, 0.2) is 48.7 Å². The number of aliphatic hydroxyl groups excluding tert-OH is 1. The molecule has 8 nitrogen and oxygen atoms in total. The molecular formula is C20H24N6O2S2. The van der Waals surface area contributed by atoms with Gasteiger partial charge in [0, 0.05) is 25.7 Å². The first-order valence-corrected chi connectivity index (χ1v) is 10.4. The highest BCUT2D eigenvalue weighted by atomic mass is 32.1. The number of rotatable bonds is 6. The summed E-state index contributed by atoms with van der Waals surface area (Å²) >= 11 is 1.36. The number of amides is 1. The second kappa shape index (κ2) is 10.5. The van der Waals surface area contributed by atoms with Crippen LogP contribution in [0.5, 0.6) is 0 Å². The fourth-order valence-electron chi connectivity index (χ4n) is 3.42. The lowest BCUT2D eigenvalue weighted by atomic mass is 9.94. The molecular weight excluding hydrogens is 420 g/mol. The predicted molar refractivity (Wildman–Crippen MR) is 121 cm³/mol. The van der Waals surface area contributed by atoms with Crippen molar-refractivity contribution in [1.82, 2.24) is 20.4 Å². The normalized spacial score (nSPS) is 15.3. The summed E-state index contributed by atoms with van der Waals surface area (Å²) in [7, 11) is 0. The fraction of sp³-hybridized carbons (Fsp3) is 0.350. The van der Waals surface area contributed by atoms with Gasteiger partial charge in [-0.15, -0.1) is 15.3 Å². The van der Waals surface area contributed by atoms with E-state index in [0.717, 1.165) is 43.2 Å². The highest BCUT2D eigenvalue weighted by molar-refractivity contribution is 7.59. The van der Waals surface area contributed by atoms with Gasteiger partial charge >= 0.3 is 0 Å². The van der Waals surface area contributed by atoms with Gasteiger partial charge in [-0.1, -0.05) is 41.7 Å². The Morgan fingerprint density at radius 1 is 1.13 bits per heavy atom. The molecule has 158 valence electrons. The zero-order valence-corrected chi connectivity index (χ0v) is 18.1. The van der Waals surface area contributed by atoms with Crippen LogP contribution in [0.1, 0.15) is 29.5 Å². The molecule has 4 rings (SSSR count). The summed E-state index contributed by atoms with van der Waals surface area (Å²) in [6, 6.07) is 12.7. The number of nitrogens with one attached hydrogen (secondary N) is 1. The molecule has 0 spiro atoms. The Morgan fingerprint density at radius 2 is 1.90 bits per heavy atom. The van der Waals surface area contributed by atoms with Gasteiger partial charge < -0.3 is 10.0 Å². The average Bonchev–Trinajstić information content (AvgIpc) is 3.21. The SMILES string of the molecule is O=C(Nc1nnc(CC2CCN(c3cccnn3)CC2)s1)[C@@H](O)c1ccccc1.S. The molecule has 3 heterocycles. The van der Waals surface area contributed by atoms with Gasteiger partial charge in [-0.2, -0.15) is 18.6 Å². The molecule has 10 heteroatoms. The molecule has 1 amide bonds. The predicted octanol–water partition coefficient (Wildman–Crippen LogP) is 2.57. The highest BCUT2D eigenvalue weighted by Gasteiger charge is 2.23. The molecule has 0 radical (unpaired) electrons. The summed E-state index contributed by atoms with van der Waals surface area (Å²) in [6.45, 7) is 1.88. The van der Waals surface area contributed by atoms with Crippen molar-refractivity contribution in [1.29, 1.82) is 0 Å². The molecule has 0 aliphatic carbocycles. The standard InChI is InChI=1S/C20H22N6O2S.H2S/c27-18(15-5-2-1-3-6-15)19(28)22-20-25-24-17(29-20)13-14-8-11-26(12-9-14)16-7-4-10-21-23-16;/h1-7,10,14,18,27H,8-9,11-13H2,(H,22,25,28);1H2/t18-;/m0./s1. The van der Waals surface area contributed by atoms with E-state index in [1.54, 1.807) is 30.5 Å². The Labute approximate surface area is 185 Å². The lowest BCUT2D eigenvalue weighted by Gasteiger charge is -2.32. The number of aliphatic hydroxyl groups is 1. The van der Waals surface area contributed by atoms with Gasteiger partial charge in [0.2, 0.25) is 5.13 Å². The number of hydrogen-bond acceptors (Lipinski definition) is 8. The number of carbonyl (C=O) groups excluding carboxylic acids is 1. The van der Waals surface area contributed by atoms with Gasteiger partial charge in [-0.3, -0.25) is 10.1 Å².